The first-order valence-corrected chi connectivity index (χ1v) is 28.7. The van der Waals surface area contributed by atoms with E-state index in [4.69, 9.17) is 66.3 Å². The molecule has 3 heterocycles. The summed E-state index contributed by atoms with van der Waals surface area (Å²) < 4.78 is 93.8. The van der Waals surface area contributed by atoms with Gasteiger partial charge in [-0.1, -0.05) is 182 Å². The molecule has 18 nitrogen and oxygen atoms in total. The zero-order chi connectivity index (χ0) is 59.3. The smallest absolute Gasteiger partial charge is 0.303 e. The van der Waals surface area contributed by atoms with E-state index in [0.717, 1.165) is 33.4 Å². The molecular formula is C67H76O18. The minimum absolute atomic E-state index is 0.0201. The molecule has 3 aliphatic rings. The molecule has 8 unspecified atom stereocenters. The molecule has 0 bridgehead atoms. The summed E-state index contributed by atoms with van der Waals surface area (Å²) >= 11 is 0. The number of aliphatic hydroxyl groups is 1. The van der Waals surface area contributed by atoms with Gasteiger partial charge in [-0.05, 0) is 40.3 Å². The van der Waals surface area contributed by atoms with Gasteiger partial charge in [0, 0.05) is 20.8 Å². The van der Waals surface area contributed by atoms with E-state index in [2.05, 4.69) is 0 Å². The topological polar surface area (TPSA) is 201 Å². The van der Waals surface area contributed by atoms with Gasteiger partial charge in [-0.3, -0.25) is 14.4 Å². The third-order valence-corrected chi connectivity index (χ3v) is 14.6. The van der Waals surface area contributed by atoms with E-state index in [9.17, 15) is 19.5 Å². The molecule has 1 N–H and O–H groups in total. The second kappa shape index (κ2) is 32.1. The predicted molar refractivity (Wildman–Crippen MR) is 307 cm³/mol. The fraction of sp³-hybridized carbons (Fsp3) is 0.418. The lowest BCUT2D eigenvalue weighted by molar-refractivity contribution is -0.389. The van der Waals surface area contributed by atoms with E-state index >= 15 is 0 Å². The maximum absolute atomic E-state index is 13.8. The normalized spacial score (nSPS) is 27.6. The van der Waals surface area contributed by atoms with Crippen molar-refractivity contribution in [3.05, 3.63) is 215 Å². The van der Waals surface area contributed by atoms with Gasteiger partial charge in [0.2, 0.25) is 0 Å². The summed E-state index contributed by atoms with van der Waals surface area (Å²) in [4.78, 5) is 40.7. The molecule has 9 rings (SSSR count). The monoisotopic (exact) mass is 1170 g/mol. The van der Waals surface area contributed by atoms with Crippen LogP contribution in [0.3, 0.4) is 0 Å². The Morgan fingerprint density at radius 3 is 1.00 bits per heavy atom. The maximum atomic E-state index is 13.8. The SMILES string of the molecule is CC(=O)OC1C(OC(C)=O)[C@@H](OCc2ccccc2)C(COCc2ccccc2)O[C@@H]1OC1C(OC(C)=O)[C@@H](OCc2ccccc2)C(COCc2ccccc2)O[C@@H]1O[C@@H]1C(OCc2ccccc2)[C@H](C)OC(CO)[C@@H]1OCc1ccccc1. The molecule has 6 aromatic rings. The molecule has 0 saturated carbocycles. The van der Waals surface area contributed by atoms with Crippen LogP contribution in [0.1, 0.15) is 61.1 Å². The highest BCUT2D eigenvalue weighted by atomic mass is 16.8. The third kappa shape index (κ3) is 18.1. The summed E-state index contributed by atoms with van der Waals surface area (Å²) in [5.74, 6) is -2.21. The van der Waals surface area contributed by atoms with Crippen LogP contribution in [0.4, 0.5) is 0 Å². The van der Waals surface area contributed by atoms with Gasteiger partial charge in [-0.15, -0.1) is 0 Å². The van der Waals surface area contributed by atoms with E-state index in [1.165, 1.54) is 20.8 Å². The van der Waals surface area contributed by atoms with Crippen LogP contribution in [0.2, 0.25) is 0 Å². The van der Waals surface area contributed by atoms with Crippen LogP contribution in [-0.4, -0.2) is 135 Å². The number of hydrogen-bond donors (Lipinski definition) is 1. The van der Waals surface area contributed by atoms with Gasteiger partial charge in [0.1, 0.15) is 48.8 Å². The fourth-order valence-corrected chi connectivity index (χ4v) is 10.7. The molecule has 452 valence electrons. The average molecular weight is 1170 g/mol. The Hall–Kier alpha value is -6.75. The van der Waals surface area contributed by atoms with Crippen LogP contribution in [0.5, 0.6) is 0 Å². The second-order valence-electron chi connectivity index (χ2n) is 21.1. The lowest BCUT2D eigenvalue weighted by Crippen LogP contribution is -2.68. The molecule has 0 spiro atoms. The third-order valence-electron chi connectivity index (χ3n) is 14.6. The van der Waals surface area contributed by atoms with Gasteiger partial charge in [0.25, 0.3) is 0 Å². The van der Waals surface area contributed by atoms with Crippen molar-refractivity contribution in [3.63, 3.8) is 0 Å². The highest BCUT2D eigenvalue weighted by Crippen LogP contribution is 2.39. The van der Waals surface area contributed by atoms with E-state index in [0.29, 0.717) is 0 Å². The highest BCUT2D eigenvalue weighted by Gasteiger charge is 2.58. The van der Waals surface area contributed by atoms with Crippen molar-refractivity contribution in [3.8, 4) is 0 Å². The molecule has 18 heteroatoms. The van der Waals surface area contributed by atoms with Gasteiger partial charge in [-0.25, -0.2) is 0 Å². The molecule has 0 aromatic heterocycles. The minimum atomic E-state index is -1.66. The number of carbonyl (C=O) groups is 3. The fourth-order valence-electron chi connectivity index (χ4n) is 10.7. The number of rotatable bonds is 28. The van der Waals surface area contributed by atoms with E-state index in [1.54, 1.807) is 0 Å². The Kier molecular flexibility index (Phi) is 23.7. The Labute approximate surface area is 496 Å². The largest absolute Gasteiger partial charge is 0.457 e. The molecule has 85 heavy (non-hydrogen) atoms. The summed E-state index contributed by atoms with van der Waals surface area (Å²) in [6, 6.07) is 57.0. The first kappa shape index (κ1) is 62.8. The van der Waals surface area contributed by atoms with Crippen molar-refractivity contribution in [2.45, 2.75) is 159 Å². The van der Waals surface area contributed by atoms with Crippen LogP contribution < -0.4 is 0 Å². The summed E-state index contributed by atoms with van der Waals surface area (Å²) in [6.07, 6.45) is -18.3. The molecule has 3 aliphatic heterocycles. The Balaban J connectivity index is 1.15. The molecule has 0 amide bonds. The molecule has 3 fully saturated rings. The van der Waals surface area contributed by atoms with Gasteiger partial charge in [-0.2, -0.15) is 0 Å². The van der Waals surface area contributed by atoms with Gasteiger partial charge < -0.3 is 71.4 Å². The minimum Gasteiger partial charge on any atom is -0.457 e. The van der Waals surface area contributed by atoms with Crippen LogP contribution in [0, 0.1) is 0 Å². The van der Waals surface area contributed by atoms with Crippen LogP contribution in [-0.2, 0) is 120 Å². The van der Waals surface area contributed by atoms with Gasteiger partial charge >= 0.3 is 17.9 Å². The van der Waals surface area contributed by atoms with Crippen molar-refractivity contribution in [2.75, 3.05) is 19.8 Å². The van der Waals surface area contributed by atoms with E-state index in [-0.39, 0.29) is 52.9 Å². The van der Waals surface area contributed by atoms with Crippen molar-refractivity contribution < 1.29 is 85.8 Å². The van der Waals surface area contributed by atoms with Crippen molar-refractivity contribution >= 4 is 17.9 Å². The van der Waals surface area contributed by atoms with Gasteiger partial charge in [0.15, 0.2) is 37.0 Å². The summed E-state index contributed by atoms with van der Waals surface area (Å²) in [6.45, 7) is 5.39. The Morgan fingerprint density at radius 1 is 0.353 bits per heavy atom. The first-order valence-electron chi connectivity index (χ1n) is 28.7. The van der Waals surface area contributed by atoms with E-state index in [1.807, 2.05) is 189 Å². The van der Waals surface area contributed by atoms with Crippen molar-refractivity contribution in [2.24, 2.45) is 0 Å². The number of ether oxygens (including phenoxy) is 14. The number of hydrogen-bond acceptors (Lipinski definition) is 18. The van der Waals surface area contributed by atoms with Crippen LogP contribution >= 0.6 is 0 Å². The number of benzene rings is 6. The Morgan fingerprint density at radius 2 is 0.647 bits per heavy atom. The van der Waals surface area contributed by atoms with Crippen molar-refractivity contribution in [1.82, 2.24) is 0 Å². The second-order valence-corrected chi connectivity index (χ2v) is 21.1. The zero-order valence-electron chi connectivity index (χ0n) is 48.2. The summed E-state index contributed by atoms with van der Waals surface area (Å²) in [5.41, 5.74) is 5.04. The Bertz CT molecular complexity index is 2910. The highest BCUT2D eigenvalue weighted by molar-refractivity contribution is 5.67. The average Bonchev–Trinajstić information content (AvgIpc) is 3.32. The standard InChI is InChI=1S/C67H76O18/c1-44-57(74-38-50-27-15-7-16-28-50)61(58(54(35-68)78-44)75-39-51-29-17-8-18-30-51)84-67-65(63(80-46(3)70)60(77-41-53-33-21-10-22-34-53)56(83-67)43-73-37-49-25-13-6-14-26-49)85-66-64(81-47(4)71)62(79-45(2)69)59(76-40-52-31-19-9-20-32-52)55(82-66)42-72-36-48-23-11-5-12-24-48/h5-34,44,54-68H,35-43H2,1-4H3/t44-,54?,55?,56?,57?,58-,59-,60-,61+,62?,63?,64?,65?,66+,67+/m0/s1. The number of carbonyl (C=O) groups excluding carboxylic acids is 3. The maximum Gasteiger partial charge on any atom is 0.303 e. The molecule has 0 radical (unpaired) electrons. The van der Waals surface area contributed by atoms with Gasteiger partial charge in [0.05, 0.1) is 65.6 Å². The van der Waals surface area contributed by atoms with Crippen LogP contribution in [0.15, 0.2) is 182 Å². The first-order chi connectivity index (χ1) is 41.5. The molecule has 3 saturated heterocycles. The molecule has 0 aliphatic carbocycles. The number of esters is 3. The van der Waals surface area contributed by atoms with E-state index < -0.39 is 116 Å². The zero-order valence-corrected chi connectivity index (χ0v) is 48.2. The van der Waals surface area contributed by atoms with Crippen LogP contribution in [0.25, 0.3) is 0 Å². The molecular weight excluding hydrogens is 1090 g/mol. The predicted octanol–water partition coefficient (Wildman–Crippen LogP) is 8.56. The lowest BCUT2D eigenvalue weighted by Gasteiger charge is -2.51. The lowest BCUT2D eigenvalue weighted by atomic mass is 9.93. The quantitative estimate of drug-likeness (QED) is 0.0361. The summed E-state index contributed by atoms with van der Waals surface area (Å²) in [7, 11) is 0. The molecule has 15 atom stereocenters. The number of aliphatic hydroxyl groups excluding tert-OH is 1. The summed E-state index contributed by atoms with van der Waals surface area (Å²) in [5, 5.41) is 11.1. The molecule has 6 aromatic carbocycles. The van der Waals surface area contributed by atoms with Crippen molar-refractivity contribution in [1.29, 1.82) is 0 Å².